The van der Waals surface area contributed by atoms with Crippen molar-refractivity contribution in [3.05, 3.63) is 63.7 Å². The van der Waals surface area contributed by atoms with Crippen LogP contribution in [0.15, 0.2) is 52.4 Å². The van der Waals surface area contributed by atoms with E-state index in [1.54, 1.807) is 19.1 Å². The van der Waals surface area contributed by atoms with Gasteiger partial charge >= 0.3 is 0 Å². The maximum atomic E-state index is 12.7. The third-order valence-electron chi connectivity index (χ3n) is 3.81. The largest absolute Gasteiger partial charge is 0.289 e. The van der Waals surface area contributed by atoms with Gasteiger partial charge in [-0.2, -0.15) is 0 Å². The molecule has 0 fully saturated rings. The van der Waals surface area contributed by atoms with Crippen LogP contribution >= 0.6 is 11.6 Å². The third kappa shape index (κ3) is 3.38. The minimum Gasteiger partial charge on any atom is -0.289 e. The van der Waals surface area contributed by atoms with Gasteiger partial charge in [-0.1, -0.05) is 30.2 Å². The highest BCUT2D eigenvalue weighted by Crippen LogP contribution is 2.26. The fourth-order valence-corrected chi connectivity index (χ4v) is 3.66. The molecule has 0 saturated heterocycles. The number of aromatic nitrogens is 2. The smallest absolute Gasteiger partial charge is 0.280 e. The topological polar surface area (TPSA) is 81.1 Å². The zero-order chi connectivity index (χ0) is 18.2. The van der Waals surface area contributed by atoms with Crippen LogP contribution in [0.2, 0.25) is 5.02 Å². The Hall–Kier alpha value is -2.38. The highest BCUT2D eigenvalue weighted by Gasteiger charge is 2.18. The summed E-state index contributed by atoms with van der Waals surface area (Å²) < 4.78 is 25.7. The first kappa shape index (κ1) is 17.4. The number of nitrogens with zero attached hydrogens (tertiary/aromatic N) is 2. The molecule has 0 saturated carbocycles. The zero-order valence-electron chi connectivity index (χ0n) is 13.7. The average molecular weight is 378 g/mol. The van der Waals surface area contributed by atoms with Crippen molar-refractivity contribution >= 4 is 38.0 Å². The first-order valence-electron chi connectivity index (χ1n) is 7.59. The lowest BCUT2D eigenvalue weighted by atomic mass is 10.2. The van der Waals surface area contributed by atoms with Crippen molar-refractivity contribution in [1.82, 2.24) is 9.66 Å². The normalized spacial score (nSPS) is 11.6. The molecule has 3 aromatic rings. The number of halogens is 1. The maximum absolute atomic E-state index is 12.7. The summed E-state index contributed by atoms with van der Waals surface area (Å²) in [5, 5.41) is 0.798. The number of anilines is 1. The maximum Gasteiger partial charge on any atom is 0.280 e. The second kappa shape index (κ2) is 6.50. The Morgan fingerprint density at radius 1 is 1.20 bits per heavy atom. The molecule has 0 aliphatic carbocycles. The highest BCUT2D eigenvalue weighted by atomic mass is 35.5. The second-order valence-corrected chi connectivity index (χ2v) is 8.28. The molecule has 0 spiro atoms. The number of fused-ring (bicyclic) bond motifs is 1. The summed E-state index contributed by atoms with van der Waals surface area (Å²) in [6.45, 7) is 3.44. The molecule has 8 heteroatoms. The lowest BCUT2D eigenvalue weighted by molar-refractivity contribution is 0.597. The van der Waals surface area contributed by atoms with Crippen LogP contribution in [0.25, 0.3) is 10.9 Å². The van der Waals surface area contributed by atoms with E-state index in [9.17, 15) is 13.2 Å². The molecule has 0 unspecified atom stereocenters. The summed E-state index contributed by atoms with van der Waals surface area (Å²) in [4.78, 5) is 17.0. The number of hydrogen-bond acceptors (Lipinski definition) is 5. The van der Waals surface area contributed by atoms with Crippen LogP contribution in [0.3, 0.4) is 0 Å². The second-order valence-electron chi connectivity index (χ2n) is 5.60. The zero-order valence-corrected chi connectivity index (χ0v) is 15.2. The molecule has 6 nitrogen and oxygen atoms in total. The quantitative estimate of drug-likeness (QED) is 0.755. The highest BCUT2D eigenvalue weighted by molar-refractivity contribution is 7.91. The molecule has 2 aromatic carbocycles. The summed E-state index contributed by atoms with van der Waals surface area (Å²) in [7, 11) is -3.48. The summed E-state index contributed by atoms with van der Waals surface area (Å²) in [5.41, 5.74) is 4.22. The van der Waals surface area contributed by atoms with Gasteiger partial charge < -0.3 is 0 Å². The Morgan fingerprint density at radius 3 is 2.68 bits per heavy atom. The van der Waals surface area contributed by atoms with Crippen molar-refractivity contribution in [3.8, 4) is 0 Å². The van der Waals surface area contributed by atoms with Crippen molar-refractivity contribution in [2.24, 2.45) is 0 Å². The van der Waals surface area contributed by atoms with E-state index in [4.69, 9.17) is 11.6 Å². The molecule has 1 N–H and O–H groups in total. The van der Waals surface area contributed by atoms with Crippen molar-refractivity contribution in [2.45, 2.75) is 18.7 Å². The number of aryl methyl sites for hydroxylation is 1. The monoisotopic (exact) mass is 377 g/mol. The lowest BCUT2D eigenvalue weighted by Gasteiger charge is -2.14. The fraction of sp³-hybridized carbons (Fsp3) is 0.176. The first-order chi connectivity index (χ1) is 11.8. The van der Waals surface area contributed by atoms with Crippen LogP contribution in [-0.4, -0.2) is 23.8 Å². The number of benzene rings is 2. The molecule has 0 radical (unpaired) electrons. The summed E-state index contributed by atoms with van der Waals surface area (Å²) in [6.07, 6.45) is 1.32. The van der Waals surface area contributed by atoms with Gasteiger partial charge in [-0.3, -0.25) is 10.2 Å². The van der Waals surface area contributed by atoms with E-state index in [0.29, 0.717) is 15.9 Å². The molecule has 0 atom stereocenters. The Labute approximate surface area is 150 Å². The molecule has 25 heavy (non-hydrogen) atoms. The van der Waals surface area contributed by atoms with Gasteiger partial charge in [-0.05, 0) is 37.3 Å². The van der Waals surface area contributed by atoms with Gasteiger partial charge in [0.05, 0.1) is 27.2 Å². The molecule has 1 aromatic heterocycles. The Kier molecular flexibility index (Phi) is 4.53. The van der Waals surface area contributed by atoms with E-state index >= 15 is 0 Å². The van der Waals surface area contributed by atoms with Crippen LogP contribution in [0.5, 0.6) is 0 Å². The Bertz CT molecular complexity index is 1120. The molecule has 0 amide bonds. The van der Waals surface area contributed by atoms with Crippen LogP contribution in [0, 0.1) is 6.92 Å². The van der Waals surface area contributed by atoms with Gasteiger partial charge in [0.2, 0.25) is 0 Å². The third-order valence-corrected chi connectivity index (χ3v) is 5.83. The number of nitrogens with one attached hydrogen (secondary N) is 1. The van der Waals surface area contributed by atoms with Crippen molar-refractivity contribution in [2.75, 3.05) is 11.2 Å². The summed E-state index contributed by atoms with van der Waals surface area (Å²) in [5.74, 6) is -0.0621. The standard InChI is InChI=1S/C17H16ClN3O3S/c1-3-25(23,24)16-7-5-12(18)9-15(16)20-21-10-19-14-6-4-11(2)8-13(14)17(21)22/h4-10,20H,3H2,1-2H3. The van der Waals surface area contributed by atoms with Gasteiger partial charge in [0.25, 0.3) is 5.56 Å². The molecular formula is C17H16ClN3O3S. The van der Waals surface area contributed by atoms with Gasteiger partial charge in [0, 0.05) is 5.02 Å². The molecule has 0 aliphatic heterocycles. The number of hydrogen-bond donors (Lipinski definition) is 1. The molecule has 0 bridgehead atoms. The molecule has 0 aliphatic rings. The van der Waals surface area contributed by atoms with Crippen LogP contribution < -0.4 is 11.0 Å². The molecule has 130 valence electrons. The van der Waals surface area contributed by atoms with Gasteiger partial charge in [0.1, 0.15) is 6.33 Å². The summed E-state index contributed by atoms with van der Waals surface area (Å²) >= 11 is 5.99. The van der Waals surface area contributed by atoms with Gasteiger partial charge in [-0.25, -0.2) is 18.1 Å². The average Bonchev–Trinajstić information content (AvgIpc) is 2.58. The van der Waals surface area contributed by atoms with E-state index < -0.39 is 9.84 Å². The first-order valence-corrected chi connectivity index (χ1v) is 9.62. The van der Waals surface area contributed by atoms with E-state index in [0.717, 1.165) is 10.2 Å². The molecular weight excluding hydrogens is 362 g/mol. The van der Waals surface area contributed by atoms with Crippen LogP contribution in [-0.2, 0) is 9.84 Å². The summed E-state index contributed by atoms with van der Waals surface area (Å²) in [6, 6.07) is 9.77. The van der Waals surface area contributed by atoms with E-state index in [1.807, 2.05) is 13.0 Å². The van der Waals surface area contributed by atoms with Crippen molar-refractivity contribution < 1.29 is 8.42 Å². The fourth-order valence-electron chi connectivity index (χ4n) is 2.46. The molecule has 1 heterocycles. The van der Waals surface area contributed by atoms with E-state index in [1.165, 1.54) is 24.5 Å². The number of sulfone groups is 1. The Morgan fingerprint density at radius 2 is 1.96 bits per heavy atom. The minimum atomic E-state index is -3.48. The van der Waals surface area contributed by atoms with Crippen molar-refractivity contribution in [1.29, 1.82) is 0 Å². The van der Waals surface area contributed by atoms with Gasteiger partial charge in [-0.15, -0.1) is 0 Å². The van der Waals surface area contributed by atoms with Gasteiger partial charge in [0.15, 0.2) is 9.84 Å². The SMILES string of the molecule is CCS(=O)(=O)c1ccc(Cl)cc1Nn1cnc2ccc(C)cc2c1=O. The predicted octanol–water partition coefficient (Wildman–Crippen LogP) is 3.03. The minimum absolute atomic E-state index is 0.0621. The van der Waals surface area contributed by atoms with Crippen molar-refractivity contribution in [3.63, 3.8) is 0 Å². The lowest BCUT2D eigenvalue weighted by Crippen LogP contribution is -2.27. The van der Waals surface area contributed by atoms with E-state index in [2.05, 4.69) is 10.4 Å². The number of rotatable bonds is 4. The Balaban J connectivity index is 2.15. The predicted molar refractivity (Wildman–Crippen MR) is 98.9 cm³/mol. The van der Waals surface area contributed by atoms with Crippen LogP contribution in [0.1, 0.15) is 12.5 Å². The van der Waals surface area contributed by atoms with E-state index in [-0.39, 0.29) is 21.9 Å². The molecule has 3 rings (SSSR count). The van der Waals surface area contributed by atoms with Crippen LogP contribution in [0.4, 0.5) is 5.69 Å².